The lowest BCUT2D eigenvalue weighted by Crippen LogP contribution is -2.37. The van der Waals surface area contributed by atoms with Crippen molar-refractivity contribution in [1.29, 1.82) is 0 Å². The molecule has 2 heterocycles. The molecule has 1 amide bonds. The van der Waals surface area contributed by atoms with Gasteiger partial charge in [-0.2, -0.15) is 0 Å². The van der Waals surface area contributed by atoms with E-state index in [4.69, 9.17) is 4.74 Å². The Morgan fingerprint density at radius 1 is 1.13 bits per heavy atom. The van der Waals surface area contributed by atoms with Crippen LogP contribution in [0, 0.1) is 6.92 Å². The number of carbonyl (C=O) groups is 1. The van der Waals surface area contributed by atoms with Crippen LogP contribution < -0.4 is 15.7 Å². The smallest absolute Gasteiger partial charge is 0.351 e. The number of hydrogen-bond acceptors (Lipinski definition) is 5. The van der Waals surface area contributed by atoms with Crippen molar-refractivity contribution in [1.82, 2.24) is 24.5 Å². The Labute approximate surface area is 178 Å². The average molecular weight is 417 g/mol. The van der Waals surface area contributed by atoms with E-state index in [0.29, 0.717) is 16.8 Å². The van der Waals surface area contributed by atoms with Gasteiger partial charge in [-0.1, -0.05) is 42.7 Å². The molecule has 2 aromatic carbocycles. The van der Waals surface area contributed by atoms with Crippen molar-refractivity contribution >= 4 is 22.6 Å². The fourth-order valence-electron chi connectivity index (χ4n) is 4.04. The van der Waals surface area contributed by atoms with Gasteiger partial charge in [0.2, 0.25) is 11.6 Å². The number of carbonyl (C=O) groups excluding carboxylic acids is 1. The number of hydrogen-bond donors (Lipinski definition) is 1. The predicted octanol–water partition coefficient (Wildman–Crippen LogP) is 3.20. The van der Waals surface area contributed by atoms with Crippen LogP contribution in [-0.4, -0.2) is 31.1 Å². The molecule has 1 fully saturated rings. The predicted molar refractivity (Wildman–Crippen MR) is 116 cm³/mol. The molecular formula is C23H23N5O3. The number of benzene rings is 2. The van der Waals surface area contributed by atoms with Crippen LogP contribution in [0.5, 0.6) is 11.6 Å². The maximum absolute atomic E-state index is 13.2. The van der Waals surface area contributed by atoms with Gasteiger partial charge in [-0.15, -0.1) is 5.10 Å². The molecule has 4 aromatic rings. The Bertz CT molecular complexity index is 1320. The first-order valence-electron chi connectivity index (χ1n) is 10.5. The lowest BCUT2D eigenvalue weighted by Gasteiger charge is -2.11. The summed E-state index contributed by atoms with van der Waals surface area (Å²) >= 11 is 0. The topological polar surface area (TPSA) is 90.5 Å². The fourth-order valence-corrected chi connectivity index (χ4v) is 4.04. The van der Waals surface area contributed by atoms with Crippen LogP contribution in [0.4, 0.5) is 0 Å². The highest BCUT2D eigenvalue weighted by atomic mass is 16.5. The van der Waals surface area contributed by atoms with Crippen molar-refractivity contribution in [3.63, 3.8) is 0 Å². The minimum atomic E-state index is -0.399. The SMILES string of the molecule is Cc1ccc(Oc2nc3ccccc3n3c(=O)n(CC(=O)NC4CCCC4)nc23)cc1. The number of amides is 1. The van der Waals surface area contributed by atoms with Crippen LogP contribution >= 0.6 is 0 Å². The zero-order valence-corrected chi connectivity index (χ0v) is 17.2. The van der Waals surface area contributed by atoms with E-state index >= 15 is 0 Å². The summed E-state index contributed by atoms with van der Waals surface area (Å²) in [5.41, 5.74) is 2.20. The highest BCUT2D eigenvalue weighted by Gasteiger charge is 2.21. The minimum Gasteiger partial charge on any atom is -0.436 e. The van der Waals surface area contributed by atoms with E-state index in [1.54, 1.807) is 6.07 Å². The van der Waals surface area contributed by atoms with E-state index < -0.39 is 5.69 Å². The van der Waals surface area contributed by atoms with Gasteiger partial charge in [0.15, 0.2) is 0 Å². The highest BCUT2D eigenvalue weighted by Crippen LogP contribution is 2.26. The molecule has 1 N–H and O–H groups in total. The number of nitrogens with zero attached hydrogens (tertiary/aromatic N) is 4. The number of nitrogens with one attached hydrogen (secondary N) is 1. The molecule has 1 aliphatic rings. The second-order valence-corrected chi connectivity index (χ2v) is 7.97. The second-order valence-electron chi connectivity index (χ2n) is 7.97. The van der Waals surface area contributed by atoms with Gasteiger partial charge in [-0.25, -0.2) is 18.9 Å². The van der Waals surface area contributed by atoms with Crippen LogP contribution in [0.2, 0.25) is 0 Å². The van der Waals surface area contributed by atoms with Gasteiger partial charge in [0.25, 0.3) is 5.88 Å². The maximum atomic E-state index is 13.2. The van der Waals surface area contributed by atoms with Crippen LogP contribution in [0.25, 0.3) is 16.7 Å². The van der Waals surface area contributed by atoms with E-state index in [2.05, 4.69) is 15.4 Å². The average Bonchev–Trinajstić information content (AvgIpc) is 3.38. The number of aryl methyl sites for hydroxylation is 1. The molecular weight excluding hydrogens is 394 g/mol. The lowest BCUT2D eigenvalue weighted by atomic mass is 10.2. The van der Waals surface area contributed by atoms with Crippen molar-refractivity contribution in [2.75, 3.05) is 0 Å². The van der Waals surface area contributed by atoms with Crippen molar-refractivity contribution < 1.29 is 9.53 Å². The first kappa shape index (κ1) is 19.3. The Balaban J connectivity index is 1.56. The first-order valence-corrected chi connectivity index (χ1v) is 10.5. The molecule has 0 spiro atoms. The summed E-state index contributed by atoms with van der Waals surface area (Å²) in [5, 5.41) is 7.41. The molecule has 1 aliphatic carbocycles. The van der Waals surface area contributed by atoms with Crippen molar-refractivity contribution in [2.45, 2.75) is 45.2 Å². The third kappa shape index (κ3) is 3.76. The lowest BCUT2D eigenvalue weighted by molar-refractivity contribution is -0.122. The van der Waals surface area contributed by atoms with Gasteiger partial charge in [0.05, 0.1) is 11.0 Å². The van der Waals surface area contributed by atoms with Gasteiger partial charge in [-0.05, 0) is 44.0 Å². The van der Waals surface area contributed by atoms with Gasteiger partial charge < -0.3 is 10.1 Å². The molecule has 0 radical (unpaired) electrons. The van der Waals surface area contributed by atoms with E-state index in [1.165, 1.54) is 9.08 Å². The molecule has 0 aliphatic heterocycles. The standard InChI is InChI=1S/C23H23N5O3/c1-15-10-12-17(13-11-15)31-22-21-26-27(14-20(29)24-16-6-2-3-7-16)23(30)28(21)19-9-5-4-8-18(19)25-22/h4-5,8-13,16H,2-3,6-7,14H2,1H3,(H,24,29). The first-order chi connectivity index (χ1) is 15.1. The molecule has 0 bridgehead atoms. The maximum Gasteiger partial charge on any atom is 0.351 e. The molecule has 8 heteroatoms. The van der Waals surface area contributed by atoms with Crippen molar-refractivity contribution in [3.05, 3.63) is 64.6 Å². The summed E-state index contributed by atoms with van der Waals surface area (Å²) < 4.78 is 8.62. The fraction of sp³-hybridized carbons (Fsp3) is 0.304. The molecule has 1 saturated carbocycles. The largest absolute Gasteiger partial charge is 0.436 e. The monoisotopic (exact) mass is 417 g/mol. The van der Waals surface area contributed by atoms with Gasteiger partial charge in [0, 0.05) is 6.04 Å². The van der Waals surface area contributed by atoms with Gasteiger partial charge in [0.1, 0.15) is 12.3 Å². The van der Waals surface area contributed by atoms with Crippen LogP contribution in [0.15, 0.2) is 53.3 Å². The molecule has 8 nitrogen and oxygen atoms in total. The van der Waals surface area contributed by atoms with Crippen molar-refractivity contribution in [3.8, 4) is 11.6 Å². The zero-order valence-electron chi connectivity index (χ0n) is 17.2. The van der Waals surface area contributed by atoms with Crippen LogP contribution in [0.1, 0.15) is 31.2 Å². The Morgan fingerprint density at radius 2 is 1.87 bits per heavy atom. The third-order valence-corrected chi connectivity index (χ3v) is 5.62. The molecule has 0 atom stereocenters. The van der Waals surface area contributed by atoms with E-state index in [9.17, 15) is 9.59 Å². The molecule has 158 valence electrons. The van der Waals surface area contributed by atoms with Crippen LogP contribution in [-0.2, 0) is 11.3 Å². The van der Waals surface area contributed by atoms with Crippen LogP contribution in [0.3, 0.4) is 0 Å². The highest BCUT2D eigenvalue weighted by molar-refractivity contribution is 5.80. The number of ether oxygens (including phenoxy) is 1. The third-order valence-electron chi connectivity index (χ3n) is 5.62. The minimum absolute atomic E-state index is 0.144. The summed E-state index contributed by atoms with van der Waals surface area (Å²) in [6.07, 6.45) is 4.21. The molecule has 5 rings (SSSR count). The molecule has 0 saturated heterocycles. The quantitative estimate of drug-likeness (QED) is 0.539. The normalized spacial score (nSPS) is 14.4. The number of aromatic nitrogens is 4. The van der Waals surface area contributed by atoms with E-state index in [0.717, 1.165) is 31.2 Å². The Morgan fingerprint density at radius 3 is 2.65 bits per heavy atom. The second kappa shape index (κ2) is 7.86. The summed E-state index contributed by atoms with van der Waals surface area (Å²) in [6.45, 7) is 1.85. The molecule has 2 aromatic heterocycles. The molecule has 0 unspecified atom stereocenters. The summed E-state index contributed by atoms with van der Waals surface area (Å²) in [5.74, 6) is 0.599. The van der Waals surface area contributed by atoms with E-state index in [-0.39, 0.29) is 30.0 Å². The summed E-state index contributed by atoms with van der Waals surface area (Å²) in [4.78, 5) is 30.2. The Kier molecular flexibility index (Phi) is 4.89. The van der Waals surface area contributed by atoms with Gasteiger partial charge in [-0.3, -0.25) is 4.79 Å². The molecule has 31 heavy (non-hydrogen) atoms. The van der Waals surface area contributed by atoms with E-state index in [1.807, 2.05) is 49.4 Å². The van der Waals surface area contributed by atoms with Gasteiger partial charge >= 0.3 is 5.69 Å². The zero-order chi connectivity index (χ0) is 21.4. The number of fused-ring (bicyclic) bond motifs is 3. The summed E-state index contributed by atoms with van der Waals surface area (Å²) in [6, 6.07) is 15.0. The Hall–Kier alpha value is -3.68. The summed E-state index contributed by atoms with van der Waals surface area (Å²) in [7, 11) is 0. The number of para-hydroxylation sites is 2. The van der Waals surface area contributed by atoms with Crippen molar-refractivity contribution in [2.24, 2.45) is 0 Å². The number of rotatable bonds is 5.